The van der Waals surface area contributed by atoms with Crippen LogP contribution in [-0.4, -0.2) is 37.0 Å². The molecule has 1 aromatic heterocycles. The molecule has 3 rings (SSSR count). The molecule has 1 saturated heterocycles. The molecule has 1 fully saturated rings. The van der Waals surface area contributed by atoms with Gasteiger partial charge >= 0.3 is 0 Å². The van der Waals surface area contributed by atoms with E-state index in [1.54, 1.807) is 4.90 Å². The smallest absolute Gasteiger partial charge is 0.222 e. The molecule has 23 heavy (non-hydrogen) atoms. The number of hydrogen-bond acceptors (Lipinski definition) is 4. The largest absolute Gasteiger partial charge is 0.490 e. The third kappa shape index (κ3) is 3.34. The first-order chi connectivity index (χ1) is 11.1. The van der Waals surface area contributed by atoms with Gasteiger partial charge in [-0.3, -0.25) is 4.79 Å². The van der Waals surface area contributed by atoms with Gasteiger partial charge in [-0.2, -0.15) is 0 Å². The van der Waals surface area contributed by atoms with Gasteiger partial charge in [0.15, 0.2) is 11.3 Å². The van der Waals surface area contributed by atoms with Crippen LogP contribution in [0, 0.1) is 0 Å². The number of fused-ring (bicyclic) bond motifs is 1. The Morgan fingerprint density at radius 2 is 2.30 bits per heavy atom. The van der Waals surface area contributed by atoms with E-state index in [9.17, 15) is 4.79 Å². The first-order valence-corrected chi connectivity index (χ1v) is 8.23. The first-order valence-electron chi connectivity index (χ1n) is 8.23. The molecule has 0 aliphatic carbocycles. The molecule has 0 radical (unpaired) electrons. The van der Waals surface area contributed by atoms with Crippen molar-refractivity contribution in [2.24, 2.45) is 0 Å². The zero-order chi connectivity index (χ0) is 16.4. The van der Waals surface area contributed by atoms with Crippen molar-refractivity contribution in [2.45, 2.75) is 38.8 Å². The Morgan fingerprint density at radius 1 is 1.48 bits per heavy atom. The molecular formula is C18H24N2O3. The number of benzene rings is 1. The second-order valence-corrected chi connectivity index (χ2v) is 6.15. The average molecular weight is 316 g/mol. The van der Waals surface area contributed by atoms with Crippen LogP contribution in [0.25, 0.3) is 11.0 Å². The van der Waals surface area contributed by atoms with Crippen LogP contribution in [-0.2, 0) is 4.79 Å². The van der Waals surface area contributed by atoms with Gasteiger partial charge in [-0.1, -0.05) is 12.1 Å². The SMILES string of the molecule is CCOc1cccc2cc([C@H](C)N[C@H]3CCC(=O)N(C)C3)oc12. The highest BCUT2D eigenvalue weighted by Crippen LogP contribution is 2.31. The number of amides is 1. The fourth-order valence-corrected chi connectivity index (χ4v) is 3.12. The molecular weight excluding hydrogens is 292 g/mol. The van der Waals surface area contributed by atoms with E-state index in [-0.39, 0.29) is 11.9 Å². The van der Waals surface area contributed by atoms with Crippen LogP contribution in [0.4, 0.5) is 0 Å². The second-order valence-electron chi connectivity index (χ2n) is 6.15. The van der Waals surface area contributed by atoms with Gasteiger partial charge in [0.1, 0.15) is 5.76 Å². The van der Waals surface area contributed by atoms with E-state index in [4.69, 9.17) is 9.15 Å². The number of nitrogens with one attached hydrogen (secondary N) is 1. The number of piperidine rings is 1. The van der Waals surface area contributed by atoms with Crippen molar-refractivity contribution in [1.29, 1.82) is 0 Å². The fourth-order valence-electron chi connectivity index (χ4n) is 3.12. The molecule has 0 unspecified atom stereocenters. The maximum absolute atomic E-state index is 11.6. The number of rotatable bonds is 5. The van der Waals surface area contributed by atoms with E-state index in [0.29, 0.717) is 19.1 Å². The summed E-state index contributed by atoms with van der Waals surface area (Å²) >= 11 is 0. The Morgan fingerprint density at radius 3 is 3.04 bits per heavy atom. The number of carbonyl (C=O) groups excluding carboxylic acids is 1. The topological polar surface area (TPSA) is 54.7 Å². The minimum absolute atomic E-state index is 0.0866. The summed E-state index contributed by atoms with van der Waals surface area (Å²) in [5.41, 5.74) is 0.800. The number of furan rings is 1. The Labute approximate surface area is 136 Å². The number of hydrogen-bond donors (Lipinski definition) is 1. The van der Waals surface area contributed by atoms with E-state index in [2.05, 4.69) is 18.3 Å². The first kappa shape index (κ1) is 15.9. The van der Waals surface area contributed by atoms with Gasteiger partial charge in [0.25, 0.3) is 0 Å². The Bertz CT molecular complexity index is 695. The Balaban J connectivity index is 1.74. The molecule has 5 heteroatoms. The minimum Gasteiger partial charge on any atom is -0.490 e. The van der Waals surface area contributed by atoms with Gasteiger partial charge < -0.3 is 19.4 Å². The third-order valence-corrected chi connectivity index (χ3v) is 4.37. The van der Waals surface area contributed by atoms with Crippen molar-refractivity contribution in [3.8, 4) is 5.75 Å². The molecule has 1 amide bonds. The third-order valence-electron chi connectivity index (χ3n) is 4.37. The zero-order valence-electron chi connectivity index (χ0n) is 14.0. The van der Waals surface area contributed by atoms with E-state index < -0.39 is 0 Å². The Hall–Kier alpha value is -2.01. The monoisotopic (exact) mass is 316 g/mol. The van der Waals surface area contributed by atoms with Crippen LogP contribution < -0.4 is 10.1 Å². The molecule has 5 nitrogen and oxygen atoms in total. The lowest BCUT2D eigenvalue weighted by Crippen LogP contribution is -2.47. The van der Waals surface area contributed by atoms with E-state index >= 15 is 0 Å². The van der Waals surface area contributed by atoms with Crippen molar-refractivity contribution >= 4 is 16.9 Å². The lowest BCUT2D eigenvalue weighted by Gasteiger charge is -2.31. The van der Waals surface area contributed by atoms with Gasteiger partial charge in [-0.25, -0.2) is 0 Å². The summed E-state index contributed by atoms with van der Waals surface area (Å²) in [5.74, 6) is 1.90. The fraction of sp³-hybridized carbons (Fsp3) is 0.500. The van der Waals surface area contributed by atoms with Crippen LogP contribution in [0.2, 0.25) is 0 Å². The number of para-hydroxylation sites is 1. The maximum atomic E-state index is 11.6. The van der Waals surface area contributed by atoms with E-state index in [0.717, 1.165) is 35.4 Å². The lowest BCUT2D eigenvalue weighted by atomic mass is 10.0. The zero-order valence-corrected chi connectivity index (χ0v) is 14.0. The summed E-state index contributed by atoms with van der Waals surface area (Å²) in [6, 6.07) is 8.39. The molecule has 0 spiro atoms. The van der Waals surface area contributed by atoms with Crippen molar-refractivity contribution in [3.63, 3.8) is 0 Å². The minimum atomic E-state index is 0.0866. The van der Waals surface area contributed by atoms with Crippen LogP contribution in [0.15, 0.2) is 28.7 Å². The number of nitrogens with zero attached hydrogens (tertiary/aromatic N) is 1. The Kier molecular flexibility index (Phi) is 4.57. The van der Waals surface area contributed by atoms with E-state index in [1.807, 2.05) is 32.2 Å². The quantitative estimate of drug-likeness (QED) is 0.921. The van der Waals surface area contributed by atoms with E-state index in [1.165, 1.54) is 0 Å². The predicted octanol–water partition coefficient (Wildman–Crippen LogP) is 3.10. The summed E-state index contributed by atoms with van der Waals surface area (Å²) in [7, 11) is 1.86. The van der Waals surface area contributed by atoms with Gasteiger partial charge in [0, 0.05) is 31.4 Å². The van der Waals surface area contributed by atoms with Gasteiger partial charge in [-0.05, 0) is 32.4 Å². The summed E-state index contributed by atoms with van der Waals surface area (Å²) in [6.45, 7) is 5.42. The molecule has 124 valence electrons. The summed E-state index contributed by atoms with van der Waals surface area (Å²) in [6.07, 6.45) is 1.48. The van der Waals surface area contributed by atoms with Gasteiger partial charge in [0.2, 0.25) is 5.91 Å². The molecule has 0 saturated carbocycles. The summed E-state index contributed by atoms with van der Waals surface area (Å²) < 4.78 is 11.7. The van der Waals surface area contributed by atoms with Crippen molar-refractivity contribution < 1.29 is 13.9 Å². The maximum Gasteiger partial charge on any atom is 0.222 e. The molecule has 0 bridgehead atoms. The number of likely N-dealkylation sites (tertiary alicyclic amines) is 1. The van der Waals surface area contributed by atoms with Gasteiger partial charge in [-0.15, -0.1) is 0 Å². The highest BCUT2D eigenvalue weighted by atomic mass is 16.5. The second kappa shape index (κ2) is 6.62. The van der Waals surface area contributed by atoms with Crippen LogP contribution in [0.1, 0.15) is 38.5 Å². The predicted molar refractivity (Wildman–Crippen MR) is 89.6 cm³/mol. The molecule has 2 atom stereocenters. The number of carbonyl (C=O) groups is 1. The highest BCUT2D eigenvalue weighted by Gasteiger charge is 2.25. The summed E-state index contributed by atoms with van der Waals surface area (Å²) in [4.78, 5) is 13.4. The molecule has 2 aromatic rings. The summed E-state index contributed by atoms with van der Waals surface area (Å²) in [5, 5.41) is 4.62. The lowest BCUT2D eigenvalue weighted by molar-refractivity contribution is -0.132. The molecule has 1 aliphatic heterocycles. The van der Waals surface area contributed by atoms with Crippen LogP contribution in [0.5, 0.6) is 5.75 Å². The molecule has 2 heterocycles. The van der Waals surface area contributed by atoms with Crippen LogP contribution >= 0.6 is 0 Å². The van der Waals surface area contributed by atoms with Crippen LogP contribution in [0.3, 0.4) is 0 Å². The number of ether oxygens (including phenoxy) is 1. The molecule has 1 N–H and O–H groups in total. The number of likely N-dealkylation sites (N-methyl/N-ethyl adjacent to an activating group) is 1. The normalized spacial score (nSPS) is 20.0. The van der Waals surface area contributed by atoms with Crippen molar-refractivity contribution in [3.05, 3.63) is 30.0 Å². The van der Waals surface area contributed by atoms with Crippen molar-refractivity contribution in [1.82, 2.24) is 10.2 Å². The van der Waals surface area contributed by atoms with Gasteiger partial charge in [0.05, 0.1) is 12.6 Å². The molecule has 1 aromatic carbocycles. The van der Waals surface area contributed by atoms with Crippen molar-refractivity contribution in [2.75, 3.05) is 20.2 Å². The average Bonchev–Trinajstić information content (AvgIpc) is 2.97. The molecule has 1 aliphatic rings. The standard InChI is InChI=1S/C18H24N2O3/c1-4-22-15-7-5-6-13-10-16(23-18(13)15)12(2)19-14-8-9-17(21)20(3)11-14/h5-7,10,12,14,19H,4,8-9,11H2,1-3H3/t12-,14-/m0/s1. The highest BCUT2D eigenvalue weighted by molar-refractivity contribution is 5.83.